The van der Waals surface area contributed by atoms with E-state index < -0.39 is 5.97 Å². The van der Waals surface area contributed by atoms with Crippen molar-refractivity contribution in [1.82, 2.24) is 5.43 Å². The molecule has 8 heteroatoms. The molecule has 126 valence electrons. The van der Waals surface area contributed by atoms with E-state index in [1.54, 1.807) is 6.07 Å². The van der Waals surface area contributed by atoms with E-state index in [0.717, 1.165) is 20.0 Å². The van der Waals surface area contributed by atoms with Crippen LogP contribution in [-0.2, 0) is 9.59 Å². The van der Waals surface area contributed by atoms with E-state index in [9.17, 15) is 14.7 Å². The first kappa shape index (κ1) is 20.1. The quantitative estimate of drug-likeness (QED) is 0.192. The molecule has 0 heterocycles. The number of rotatable bonds is 9. The van der Waals surface area contributed by atoms with E-state index in [2.05, 4.69) is 33.1 Å². The number of aliphatic carboxylic acids is 1. The van der Waals surface area contributed by atoms with Crippen LogP contribution in [0.4, 0.5) is 0 Å². The van der Waals surface area contributed by atoms with E-state index in [0.29, 0.717) is 24.8 Å². The van der Waals surface area contributed by atoms with Crippen LogP contribution in [0.3, 0.4) is 0 Å². The number of phenolic OH excluding ortho intramolecular Hbond substituents is 1. The zero-order valence-electron chi connectivity index (χ0n) is 12.4. The molecule has 1 aromatic rings. The van der Waals surface area contributed by atoms with Crippen LogP contribution in [0.2, 0.25) is 0 Å². The Bertz CT molecular complexity index is 591. The maximum absolute atomic E-state index is 11.6. The van der Waals surface area contributed by atoms with E-state index in [1.165, 1.54) is 6.21 Å². The molecule has 1 aromatic carbocycles. The highest BCUT2D eigenvalue weighted by atomic mass is 127. The van der Waals surface area contributed by atoms with Gasteiger partial charge in [0.15, 0.2) is 0 Å². The number of carboxylic acids is 1. The number of benzene rings is 1. The van der Waals surface area contributed by atoms with E-state index in [-0.39, 0.29) is 18.1 Å². The van der Waals surface area contributed by atoms with Crippen molar-refractivity contribution in [3.63, 3.8) is 0 Å². The number of carboxylic acid groups (broad SMARTS) is 1. The molecule has 6 nitrogen and oxygen atoms in total. The first-order valence-electron chi connectivity index (χ1n) is 7.12. The Morgan fingerprint density at radius 2 is 1.78 bits per heavy atom. The Hall–Kier alpha value is -0.910. The predicted molar refractivity (Wildman–Crippen MR) is 105 cm³/mol. The highest BCUT2D eigenvalue weighted by Crippen LogP contribution is 2.25. The zero-order valence-corrected chi connectivity index (χ0v) is 16.7. The second-order valence-electron chi connectivity index (χ2n) is 4.93. The van der Waals surface area contributed by atoms with Crippen LogP contribution in [0.25, 0.3) is 0 Å². The molecule has 0 unspecified atom stereocenters. The van der Waals surface area contributed by atoms with E-state index in [1.807, 2.05) is 28.7 Å². The van der Waals surface area contributed by atoms with Gasteiger partial charge in [-0.1, -0.05) is 12.8 Å². The maximum Gasteiger partial charge on any atom is 0.303 e. The van der Waals surface area contributed by atoms with Gasteiger partial charge in [-0.15, -0.1) is 0 Å². The molecule has 0 aliphatic rings. The lowest BCUT2D eigenvalue weighted by Gasteiger charge is -2.03. The molecule has 0 fully saturated rings. The molecule has 0 aromatic heterocycles. The number of halogens is 2. The fraction of sp³-hybridized carbons (Fsp3) is 0.400. The molecule has 1 rings (SSSR count). The molecule has 1 amide bonds. The van der Waals surface area contributed by atoms with Crippen molar-refractivity contribution >= 4 is 63.3 Å². The molecule has 0 bridgehead atoms. The largest absolute Gasteiger partial charge is 0.506 e. The summed E-state index contributed by atoms with van der Waals surface area (Å²) in [6.07, 6.45) is 4.91. The highest BCUT2D eigenvalue weighted by Gasteiger charge is 2.05. The topological polar surface area (TPSA) is 99.0 Å². The van der Waals surface area contributed by atoms with Crippen molar-refractivity contribution in [3.8, 4) is 5.75 Å². The Balaban J connectivity index is 2.29. The maximum atomic E-state index is 11.6. The highest BCUT2D eigenvalue weighted by molar-refractivity contribution is 14.1. The second kappa shape index (κ2) is 10.8. The normalized spacial score (nSPS) is 10.9. The number of nitrogens with one attached hydrogen (secondary N) is 1. The molecule has 0 aliphatic heterocycles. The van der Waals surface area contributed by atoms with Gasteiger partial charge in [0, 0.05) is 22.0 Å². The summed E-state index contributed by atoms with van der Waals surface area (Å²) in [4.78, 5) is 22.0. The molecule has 3 N–H and O–H groups in total. The van der Waals surface area contributed by atoms with Gasteiger partial charge in [0.05, 0.1) is 9.78 Å². The first-order chi connectivity index (χ1) is 10.9. The lowest BCUT2D eigenvalue weighted by Crippen LogP contribution is -2.16. The minimum atomic E-state index is -0.787. The third-order valence-electron chi connectivity index (χ3n) is 3.00. The minimum absolute atomic E-state index is 0.141. The molecule has 0 radical (unpaired) electrons. The number of hydrazone groups is 1. The summed E-state index contributed by atoms with van der Waals surface area (Å²) in [6, 6.07) is 3.62. The third-order valence-corrected chi connectivity index (χ3v) is 4.44. The van der Waals surface area contributed by atoms with Crippen LogP contribution in [0, 0.1) is 7.14 Å². The summed E-state index contributed by atoms with van der Waals surface area (Å²) < 4.78 is 1.70. The SMILES string of the molecule is O=C(O)CCCCCCC(=O)N/N=C/c1cc(I)cc(I)c1O. The zero-order chi connectivity index (χ0) is 17.2. The minimum Gasteiger partial charge on any atom is -0.506 e. The van der Waals surface area contributed by atoms with Gasteiger partial charge < -0.3 is 10.2 Å². The number of carbonyl (C=O) groups is 2. The number of nitrogens with zero attached hydrogens (tertiary/aromatic N) is 1. The summed E-state index contributed by atoms with van der Waals surface area (Å²) in [6.45, 7) is 0. The molecule has 23 heavy (non-hydrogen) atoms. The van der Waals surface area contributed by atoms with Gasteiger partial charge in [0.2, 0.25) is 5.91 Å². The first-order valence-corrected chi connectivity index (χ1v) is 9.27. The van der Waals surface area contributed by atoms with Crippen LogP contribution in [0.15, 0.2) is 17.2 Å². The molecular formula is C15H18I2N2O4. The number of carbonyl (C=O) groups excluding carboxylic acids is 1. The Morgan fingerprint density at radius 3 is 2.43 bits per heavy atom. The van der Waals surface area contributed by atoms with Gasteiger partial charge in [0.1, 0.15) is 5.75 Å². The number of aromatic hydroxyl groups is 1. The number of amides is 1. The summed E-state index contributed by atoms with van der Waals surface area (Å²) in [5, 5.41) is 22.3. The van der Waals surface area contributed by atoms with Crippen molar-refractivity contribution in [2.45, 2.75) is 38.5 Å². The summed E-state index contributed by atoms with van der Waals surface area (Å²) in [5.74, 6) is -0.840. The van der Waals surface area contributed by atoms with Gasteiger partial charge in [0.25, 0.3) is 0 Å². The average Bonchev–Trinajstić information content (AvgIpc) is 2.47. The monoisotopic (exact) mass is 544 g/mol. The van der Waals surface area contributed by atoms with Gasteiger partial charge in [-0.3, -0.25) is 9.59 Å². The summed E-state index contributed by atoms with van der Waals surface area (Å²) in [7, 11) is 0. The molecular weight excluding hydrogens is 526 g/mol. The van der Waals surface area contributed by atoms with Gasteiger partial charge in [-0.2, -0.15) is 5.10 Å². The Kier molecular flexibility index (Phi) is 9.44. The molecule has 0 saturated carbocycles. The summed E-state index contributed by atoms with van der Waals surface area (Å²) >= 11 is 4.18. The smallest absolute Gasteiger partial charge is 0.303 e. The fourth-order valence-electron chi connectivity index (χ4n) is 1.83. The van der Waals surface area contributed by atoms with Crippen molar-refractivity contribution in [2.24, 2.45) is 5.10 Å². The van der Waals surface area contributed by atoms with Crippen LogP contribution >= 0.6 is 45.2 Å². The van der Waals surface area contributed by atoms with Gasteiger partial charge >= 0.3 is 5.97 Å². The predicted octanol–water partition coefficient (Wildman–Crippen LogP) is 3.48. The molecule has 0 aliphatic carbocycles. The van der Waals surface area contributed by atoms with E-state index in [4.69, 9.17) is 5.11 Å². The van der Waals surface area contributed by atoms with Crippen LogP contribution in [0.5, 0.6) is 5.75 Å². The van der Waals surface area contributed by atoms with Gasteiger partial charge in [-0.05, 0) is 70.2 Å². The molecule has 0 spiro atoms. The lowest BCUT2D eigenvalue weighted by molar-refractivity contribution is -0.137. The van der Waals surface area contributed by atoms with Crippen molar-refractivity contribution < 1.29 is 19.8 Å². The Morgan fingerprint density at radius 1 is 1.13 bits per heavy atom. The number of phenols is 1. The third kappa shape index (κ3) is 8.49. The van der Waals surface area contributed by atoms with Crippen molar-refractivity contribution in [3.05, 3.63) is 24.8 Å². The number of hydrogen-bond acceptors (Lipinski definition) is 4. The second-order valence-corrected chi connectivity index (χ2v) is 7.33. The number of hydrogen-bond donors (Lipinski definition) is 3. The molecule has 0 atom stereocenters. The van der Waals surface area contributed by atoms with Crippen molar-refractivity contribution in [1.29, 1.82) is 0 Å². The van der Waals surface area contributed by atoms with Gasteiger partial charge in [-0.25, -0.2) is 5.43 Å². The lowest BCUT2D eigenvalue weighted by atomic mass is 10.1. The Labute approximate surface area is 162 Å². The fourth-order valence-corrected chi connectivity index (χ4v) is 3.72. The summed E-state index contributed by atoms with van der Waals surface area (Å²) in [5.41, 5.74) is 2.98. The van der Waals surface area contributed by atoms with Crippen LogP contribution < -0.4 is 5.43 Å². The van der Waals surface area contributed by atoms with Crippen LogP contribution in [-0.4, -0.2) is 28.3 Å². The van der Waals surface area contributed by atoms with Crippen LogP contribution in [0.1, 0.15) is 44.1 Å². The average molecular weight is 544 g/mol. The number of unbranched alkanes of at least 4 members (excludes halogenated alkanes) is 3. The standard InChI is InChI=1S/C15H18I2N2O4/c16-11-7-10(15(23)12(17)8-11)9-18-19-13(20)5-3-1-2-4-6-14(21)22/h7-9,23H,1-6H2,(H,19,20)(H,21,22)/b18-9+. The molecule has 0 saturated heterocycles. The van der Waals surface area contributed by atoms with E-state index >= 15 is 0 Å². The van der Waals surface area contributed by atoms with Crippen molar-refractivity contribution in [2.75, 3.05) is 0 Å².